The molecule has 0 bridgehead atoms. The van der Waals surface area contributed by atoms with Crippen LogP contribution in [0.1, 0.15) is 17.2 Å². The van der Waals surface area contributed by atoms with Crippen molar-refractivity contribution in [2.24, 2.45) is 5.73 Å². The molecule has 0 spiro atoms. The van der Waals surface area contributed by atoms with Crippen molar-refractivity contribution < 1.29 is 8.78 Å². The fraction of sp³-hybridized carbons (Fsp3) is 0.143. The predicted octanol–water partition coefficient (Wildman–Crippen LogP) is 4.62. The quantitative estimate of drug-likeness (QED) is 0.862. The molecule has 0 aromatic heterocycles. The number of nitrogens with two attached hydrogens (primary N) is 1. The summed E-state index contributed by atoms with van der Waals surface area (Å²) in [6.07, 6.45) is 0.296. The summed E-state index contributed by atoms with van der Waals surface area (Å²) in [6.45, 7) is 0. The predicted molar refractivity (Wildman–Crippen MR) is 76.1 cm³/mol. The van der Waals surface area contributed by atoms with Crippen LogP contribution in [-0.4, -0.2) is 0 Å². The van der Waals surface area contributed by atoms with Crippen molar-refractivity contribution >= 4 is 27.5 Å². The van der Waals surface area contributed by atoms with Crippen LogP contribution in [0.2, 0.25) is 5.02 Å². The van der Waals surface area contributed by atoms with Gasteiger partial charge in [-0.25, -0.2) is 8.78 Å². The molecule has 2 rings (SSSR count). The van der Waals surface area contributed by atoms with Crippen LogP contribution < -0.4 is 5.73 Å². The smallest absolute Gasteiger partial charge is 0.137 e. The number of hydrogen-bond acceptors (Lipinski definition) is 1. The van der Waals surface area contributed by atoms with E-state index in [2.05, 4.69) is 15.9 Å². The number of benzene rings is 2. The van der Waals surface area contributed by atoms with Crippen molar-refractivity contribution in [1.29, 1.82) is 0 Å². The number of halogens is 4. The SMILES string of the molecule is NC(Cc1cc(Cl)ccc1F)c1ccc(F)c(Br)c1. The van der Waals surface area contributed by atoms with Crippen LogP contribution in [0, 0.1) is 11.6 Å². The highest BCUT2D eigenvalue weighted by Crippen LogP contribution is 2.24. The molecule has 19 heavy (non-hydrogen) atoms. The third-order valence-electron chi connectivity index (χ3n) is 2.82. The van der Waals surface area contributed by atoms with E-state index in [0.717, 1.165) is 5.56 Å². The van der Waals surface area contributed by atoms with Gasteiger partial charge in [-0.3, -0.25) is 0 Å². The van der Waals surface area contributed by atoms with Gasteiger partial charge in [-0.05, 0) is 63.8 Å². The van der Waals surface area contributed by atoms with Crippen molar-refractivity contribution in [1.82, 2.24) is 0 Å². The monoisotopic (exact) mass is 345 g/mol. The summed E-state index contributed by atoms with van der Waals surface area (Å²) in [5.41, 5.74) is 7.19. The third-order valence-corrected chi connectivity index (χ3v) is 3.66. The molecule has 2 aromatic rings. The lowest BCUT2D eigenvalue weighted by Crippen LogP contribution is -2.14. The van der Waals surface area contributed by atoms with Gasteiger partial charge in [0.15, 0.2) is 0 Å². The Balaban J connectivity index is 2.22. The minimum atomic E-state index is -0.426. The van der Waals surface area contributed by atoms with E-state index in [0.29, 0.717) is 21.5 Å². The van der Waals surface area contributed by atoms with E-state index in [9.17, 15) is 8.78 Å². The first-order valence-electron chi connectivity index (χ1n) is 5.62. The Morgan fingerprint density at radius 1 is 1.11 bits per heavy atom. The van der Waals surface area contributed by atoms with Crippen LogP contribution in [0.4, 0.5) is 8.78 Å². The van der Waals surface area contributed by atoms with Crippen LogP contribution in [-0.2, 0) is 6.42 Å². The van der Waals surface area contributed by atoms with Crippen LogP contribution >= 0.6 is 27.5 Å². The van der Waals surface area contributed by atoms with Crippen LogP contribution in [0.5, 0.6) is 0 Å². The molecule has 2 aromatic carbocycles. The lowest BCUT2D eigenvalue weighted by Gasteiger charge is -2.13. The summed E-state index contributed by atoms with van der Waals surface area (Å²) in [5, 5.41) is 0.462. The van der Waals surface area contributed by atoms with Crippen molar-refractivity contribution in [3.8, 4) is 0 Å². The van der Waals surface area contributed by atoms with E-state index in [4.69, 9.17) is 17.3 Å². The fourth-order valence-electron chi connectivity index (χ4n) is 1.80. The molecule has 1 nitrogen and oxygen atoms in total. The first-order valence-corrected chi connectivity index (χ1v) is 6.79. The molecule has 100 valence electrons. The topological polar surface area (TPSA) is 26.0 Å². The molecule has 0 aliphatic heterocycles. The number of hydrogen-bond donors (Lipinski definition) is 1. The third kappa shape index (κ3) is 3.53. The normalized spacial score (nSPS) is 12.5. The molecule has 1 atom stereocenters. The van der Waals surface area contributed by atoms with Gasteiger partial charge in [-0.15, -0.1) is 0 Å². The van der Waals surface area contributed by atoms with Gasteiger partial charge in [-0.1, -0.05) is 17.7 Å². The van der Waals surface area contributed by atoms with E-state index < -0.39 is 6.04 Å². The standard InChI is InChI=1S/C14H11BrClF2N/c15-11-6-8(1-3-13(11)18)14(19)7-9-5-10(16)2-4-12(9)17/h1-6,14H,7,19H2. The minimum Gasteiger partial charge on any atom is -0.324 e. The molecule has 0 aliphatic rings. The van der Waals surface area contributed by atoms with Gasteiger partial charge in [0.05, 0.1) is 4.47 Å². The summed E-state index contributed by atoms with van der Waals surface area (Å²) in [6, 6.07) is 8.44. The van der Waals surface area contributed by atoms with Crippen molar-refractivity contribution in [3.05, 3.63) is 68.7 Å². The summed E-state index contributed by atoms with van der Waals surface area (Å²) in [5.74, 6) is -0.703. The zero-order valence-electron chi connectivity index (χ0n) is 9.84. The molecule has 1 unspecified atom stereocenters. The molecule has 0 saturated carbocycles. The van der Waals surface area contributed by atoms with E-state index >= 15 is 0 Å². The highest BCUT2D eigenvalue weighted by atomic mass is 79.9. The Hall–Kier alpha value is -0.970. The van der Waals surface area contributed by atoms with Gasteiger partial charge in [0, 0.05) is 11.1 Å². The van der Waals surface area contributed by atoms with Crippen molar-refractivity contribution in [3.63, 3.8) is 0 Å². The van der Waals surface area contributed by atoms with Gasteiger partial charge in [-0.2, -0.15) is 0 Å². The van der Waals surface area contributed by atoms with E-state index in [1.165, 1.54) is 18.2 Å². The van der Waals surface area contributed by atoms with Crippen molar-refractivity contribution in [2.75, 3.05) is 0 Å². The second kappa shape index (κ2) is 5.99. The molecule has 0 heterocycles. The maximum atomic E-state index is 13.6. The maximum absolute atomic E-state index is 13.6. The van der Waals surface area contributed by atoms with E-state index in [-0.39, 0.29) is 11.6 Å². The summed E-state index contributed by atoms with van der Waals surface area (Å²) in [4.78, 5) is 0. The summed E-state index contributed by atoms with van der Waals surface area (Å²) < 4.78 is 27.1. The highest BCUT2D eigenvalue weighted by Gasteiger charge is 2.12. The molecule has 0 radical (unpaired) electrons. The number of rotatable bonds is 3. The first kappa shape index (κ1) is 14.4. The Labute approximate surface area is 123 Å². The average Bonchev–Trinajstić information content (AvgIpc) is 2.37. The molecule has 2 N–H and O–H groups in total. The van der Waals surface area contributed by atoms with E-state index in [1.807, 2.05) is 0 Å². The lowest BCUT2D eigenvalue weighted by molar-refractivity contribution is 0.591. The van der Waals surface area contributed by atoms with Gasteiger partial charge in [0.25, 0.3) is 0 Å². The van der Waals surface area contributed by atoms with Crippen LogP contribution in [0.15, 0.2) is 40.9 Å². The van der Waals surface area contributed by atoms with Crippen molar-refractivity contribution in [2.45, 2.75) is 12.5 Å². The molecule has 0 saturated heterocycles. The average molecular weight is 347 g/mol. The first-order chi connectivity index (χ1) is 8.97. The minimum absolute atomic E-state index is 0.296. The Morgan fingerprint density at radius 3 is 2.47 bits per heavy atom. The Bertz CT molecular complexity index is 604. The zero-order valence-corrected chi connectivity index (χ0v) is 12.2. The summed E-state index contributed by atoms with van der Waals surface area (Å²) >= 11 is 8.93. The summed E-state index contributed by atoms with van der Waals surface area (Å²) in [7, 11) is 0. The van der Waals surface area contributed by atoms with Crippen LogP contribution in [0.25, 0.3) is 0 Å². The molecule has 0 fully saturated rings. The Morgan fingerprint density at radius 2 is 1.79 bits per heavy atom. The molecular weight excluding hydrogens is 336 g/mol. The Kier molecular flexibility index (Phi) is 4.55. The molecular formula is C14H11BrClF2N. The van der Waals surface area contributed by atoms with Gasteiger partial charge in [0.1, 0.15) is 11.6 Å². The second-order valence-corrected chi connectivity index (χ2v) is 5.51. The second-order valence-electron chi connectivity index (χ2n) is 4.22. The molecule has 0 amide bonds. The largest absolute Gasteiger partial charge is 0.324 e. The molecule has 0 aliphatic carbocycles. The lowest BCUT2D eigenvalue weighted by atomic mass is 9.99. The van der Waals surface area contributed by atoms with Gasteiger partial charge < -0.3 is 5.73 Å². The maximum Gasteiger partial charge on any atom is 0.137 e. The van der Waals surface area contributed by atoms with Gasteiger partial charge >= 0.3 is 0 Å². The van der Waals surface area contributed by atoms with Crippen LogP contribution in [0.3, 0.4) is 0 Å². The molecule has 5 heteroatoms. The van der Waals surface area contributed by atoms with E-state index in [1.54, 1.807) is 18.2 Å². The fourth-order valence-corrected chi connectivity index (χ4v) is 2.39. The zero-order chi connectivity index (χ0) is 14.0. The highest BCUT2D eigenvalue weighted by molar-refractivity contribution is 9.10. The van der Waals surface area contributed by atoms with Gasteiger partial charge in [0.2, 0.25) is 0 Å².